The molecule has 0 saturated heterocycles. The molecular formula is C18H24BrNO. The van der Waals surface area contributed by atoms with Crippen LogP contribution in [0.25, 0.3) is 0 Å². The van der Waals surface area contributed by atoms with Crippen LogP contribution < -0.4 is 5.32 Å². The molecule has 3 rings (SSSR count). The second-order valence-corrected chi connectivity index (χ2v) is 7.62. The minimum atomic E-state index is 0.142. The van der Waals surface area contributed by atoms with Crippen LogP contribution in [0.3, 0.4) is 0 Å². The van der Waals surface area contributed by atoms with Crippen LogP contribution in [0.1, 0.15) is 67.3 Å². The average molecular weight is 350 g/mol. The van der Waals surface area contributed by atoms with E-state index in [0.29, 0.717) is 11.2 Å². The Kier molecular flexibility index (Phi) is 4.99. The zero-order valence-corrected chi connectivity index (χ0v) is 14.1. The van der Waals surface area contributed by atoms with Gasteiger partial charge in [-0.3, -0.25) is 4.79 Å². The van der Waals surface area contributed by atoms with Gasteiger partial charge in [-0.1, -0.05) is 60.2 Å². The first-order valence-electron chi connectivity index (χ1n) is 8.29. The van der Waals surface area contributed by atoms with Crippen LogP contribution in [0.2, 0.25) is 0 Å². The van der Waals surface area contributed by atoms with Crippen molar-refractivity contribution < 1.29 is 4.79 Å². The molecule has 1 unspecified atom stereocenters. The van der Waals surface area contributed by atoms with E-state index in [0.717, 1.165) is 18.0 Å². The lowest BCUT2D eigenvalue weighted by molar-refractivity contribution is -0.116. The molecule has 0 spiro atoms. The molecule has 1 aromatic carbocycles. The number of hydrogen-bond acceptors (Lipinski definition) is 1. The third kappa shape index (κ3) is 3.88. The summed E-state index contributed by atoms with van der Waals surface area (Å²) in [7, 11) is 0. The van der Waals surface area contributed by atoms with E-state index in [2.05, 4.69) is 39.4 Å². The first kappa shape index (κ1) is 15.1. The largest absolute Gasteiger partial charge is 0.326 e. The number of hydrogen-bond donors (Lipinski definition) is 1. The highest BCUT2D eigenvalue weighted by atomic mass is 79.9. The Hall–Kier alpha value is -0.830. The predicted molar refractivity (Wildman–Crippen MR) is 90.9 cm³/mol. The molecule has 2 nitrogen and oxygen atoms in total. The van der Waals surface area contributed by atoms with Gasteiger partial charge in [0.25, 0.3) is 0 Å². The number of halogens is 1. The normalized spacial score (nSPS) is 20.7. The van der Waals surface area contributed by atoms with Crippen LogP contribution in [0.15, 0.2) is 18.2 Å². The average Bonchev–Trinajstić information content (AvgIpc) is 2.53. The summed E-state index contributed by atoms with van der Waals surface area (Å²) >= 11 is 3.87. The number of rotatable bonds is 4. The third-order valence-corrected chi connectivity index (χ3v) is 5.93. The number of aryl methyl sites for hydroxylation is 1. The molecule has 0 radical (unpaired) electrons. The highest BCUT2D eigenvalue weighted by Crippen LogP contribution is 2.36. The number of carbonyl (C=O) groups is 1. The maximum Gasteiger partial charge on any atom is 0.224 e. The van der Waals surface area contributed by atoms with E-state index < -0.39 is 0 Å². The van der Waals surface area contributed by atoms with E-state index in [1.807, 2.05) is 0 Å². The van der Waals surface area contributed by atoms with Crippen molar-refractivity contribution in [3.63, 3.8) is 0 Å². The highest BCUT2D eigenvalue weighted by molar-refractivity contribution is 9.09. The second-order valence-electron chi connectivity index (χ2n) is 6.51. The number of nitrogens with one attached hydrogen (secondary N) is 1. The lowest BCUT2D eigenvalue weighted by Crippen LogP contribution is -2.19. The van der Waals surface area contributed by atoms with Crippen LogP contribution in [0, 0.1) is 5.92 Å². The van der Waals surface area contributed by atoms with Crippen molar-refractivity contribution in [2.75, 3.05) is 5.32 Å². The molecule has 1 saturated carbocycles. The molecule has 0 bridgehead atoms. The van der Waals surface area contributed by atoms with E-state index in [9.17, 15) is 4.79 Å². The summed E-state index contributed by atoms with van der Waals surface area (Å²) in [4.78, 5) is 11.8. The van der Waals surface area contributed by atoms with Crippen LogP contribution in [-0.4, -0.2) is 5.91 Å². The first-order valence-corrected chi connectivity index (χ1v) is 9.20. The molecular weight excluding hydrogens is 326 g/mol. The summed E-state index contributed by atoms with van der Waals surface area (Å²) in [6.45, 7) is 0. The number of carbonyl (C=O) groups excluding carboxylic acids is 1. The van der Waals surface area contributed by atoms with Crippen LogP contribution in [0.5, 0.6) is 0 Å². The summed E-state index contributed by atoms with van der Waals surface area (Å²) in [5, 5.41) is 2.96. The van der Waals surface area contributed by atoms with Gasteiger partial charge in [-0.05, 0) is 42.4 Å². The monoisotopic (exact) mass is 349 g/mol. The second kappa shape index (κ2) is 6.95. The van der Waals surface area contributed by atoms with E-state index >= 15 is 0 Å². The fourth-order valence-corrected chi connectivity index (χ4v) is 4.17. The van der Waals surface area contributed by atoms with Gasteiger partial charge in [-0.2, -0.15) is 0 Å². The summed E-state index contributed by atoms with van der Waals surface area (Å²) in [6.07, 6.45) is 11.2. The molecule has 2 aliphatic rings. The Balaban J connectivity index is 1.59. The van der Waals surface area contributed by atoms with Gasteiger partial charge in [-0.15, -0.1) is 0 Å². The Labute approximate surface area is 135 Å². The molecule has 1 heterocycles. The minimum Gasteiger partial charge on any atom is -0.326 e. The minimum absolute atomic E-state index is 0.142. The summed E-state index contributed by atoms with van der Waals surface area (Å²) < 4.78 is 0. The van der Waals surface area contributed by atoms with Crippen LogP contribution in [-0.2, 0) is 11.2 Å². The van der Waals surface area contributed by atoms with Crippen LogP contribution >= 0.6 is 15.9 Å². The maximum absolute atomic E-state index is 11.4. The molecule has 1 aromatic rings. The van der Waals surface area contributed by atoms with Crippen molar-refractivity contribution in [1.29, 1.82) is 0 Å². The smallest absolute Gasteiger partial charge is 0.224 e. The lowest BCUT2D eigenvalue weighted by atomic mass is 9.85. The first-order chi connectivity index (χ1) is 10.2. The molecule has 1 atom stereocenters. The van der Waals surface area contributed by atoms with Crippen molar-refractivity contribution in [3.8, 4) is 0 Å². The third-order valence-electron chi connectivity index (χ3n) is 4.94. The lowest BCUT2D eigenvalue weighted by Gasteiger charge is -2.23. The highest BCUT2D eigenvalue weighted by Gasteiger charge is 2.19. The fourth-order valence-electron chi connectivity index (χ4n) is 3.62. The molecule has 1 N–H and O–H groups in total. The number of anilines is 1. The zero-order chi connectivity index (χ0) is 14.7. The quantitative estimate of drug-likeness (QED) is 0.727. The topological polar surface area (TPSA) is 29.1 Å². The number of amides is 1. The van der Waals surface area contributed by atoms with Gasteiger partial charge in [0.1, 0.15) is 0 Å². The van der Waals surface area contributed by atoms with Gasteiger partial charge in [0.2, 0.25) is 5.91 Å². The zero-order valence-electron chi connectivity index (χ0n) is 12.5. The van der Waals surface area contributed by atoms with Gasteiger partial charge in [0.15, 0.2) is 0 Å². The standard InChI is InChI=1S/C18H24BrNO/c19-16(9-6-13-4-2-1-3-5-13)14-7-10-17-15(12-14)8-11-18(21)20-17/h7,10,12-13,16H,1-6,8-9,11H2,(H,20,21). The van der Waals surface area contributed by atoms with Gasteiger partial charge < -0.3 is 5.32 Å². The Morgan fingerprint density at radius 1 is 1.19 bits per heavy atom. The number of fused-ring (bicyclic) bond motifs is 1. The van der Waals surface area contributed by atoms with Crippen molar-refractivity contribution in [2.45, 2.75) is 62.6 Å². The molecule has 0 aromatic heterocycles. The number of benzene rings is 1. The van der Waals surface area contributed by atoms with Crippen molar-refractivity contribution in [2.24, 2.45) is 5.92 Å². The van der Waals surface area contributed by atoms with E-state index in [-0.39, 0.29) is 5.91 Å². The Bertz CT molecular complexity index is 508. The van der Waals surface area contributed by atoms with E-state index in [4.69, 9.17) is 0 Å². The molecule has 1 aliphatic carbocycles. The Morgan fingerprint density at radius 3 is 2.81 bits per heavy atom. The SMILES string of the molecule is O=C1CCc2cc(C(Br)CCC3CCCCC3)ccc2N1. The fraction of sp³-hybridized carbons (Fsp3) is 0.611. The van der Waals surface area contributed by atoms with Gasteiger partial charge >= 0.3 is 0 Å². The van der Waals surface area contributed by atoms with E-state index in [1.54, 1.807) is 0 Å². The van der Waals surface area contributed by atoms with Crippen molar-refractivity contribution >= 4 is 27.5 Å². The van der Waals surface area contributed by atoms with E-state index in [1.165, 1.54) is 56.1 Å². The predicted octanol–water partition coefficient (Wildman–Crippen LogP) is 5.37. The molecule has 3 heteroatoms. The summed E-state index contributed by atoms with van der Waals surface area (Å²) in [6, 6.07) is 6.50. The summed E-state index contributed by atoms with van der Waals surface area (Å²) in [5.74, 6) is 1.08. The van der Waals surface area contributed by atoms with Crippen molar-refractivity contribution in [3.05, 3.63) is 29.3 Å². The molecule has 21 heavy (non-hydrogen) atoms. The molecule has 1 amide bonds. The molecule has 114 valence electrons. The Morgan fingerprint density at radius 2 is 2.00 bits per heavy atom. The molecule has 1 fully saturated rings. The van der Waals surface area contributed by atoms with Gasteiger partial charge in [-0.25, -0.2) is 0 Å². The van der Waals surface area contributed by atoms with Crippen molar-refractivity contribution in [1.82, 2.24) is 0 Å². The summed E-state index contributed by atoms with van der Waals surface area (Å²) in [5.41, 5.74) is 3.65. The molecule has 1 aliphatic heterocycles. The number of alkyl halides is 1. The maximum atomic E-state index is 11.4. The van der Waals surface area contributed by atoms with Gasteiger partial charge in [0, 0.05) is 16.9 Å². The van der Waals surface area contributed by atoms with Crippen LogP contribution in [0.4, 0.5) is 5.69 Å². The van der Waals surface area contributed by atoms with Gasteiger partial charge in [0.05, 0.1) is 0 Å².